The molecule has 0 aliphatic heterocycles. The standard InChI is InChI=1S/C12H20N2O2/c1-14-10(6-9-13-14)4-5-11(15)12(16)7-2-3-8-12/h6,9,11,15-16H,2-5,7-8H2,1H3. The molecule has 4 heteroatoms. The zero-order chi connectivity index (χ0) is 11.6. The van der Waals surface area contributed by atoms with Gasteiger partial charge in [0.25, 0.3) is 0 Å². The van der Waals surface area contributed by atoms with Gasteiger partial charge in [0, 0.05) is 18.9 Å². The summed E-state index contributed by atoms with van der Waals surface area (Å²) in [6.45, 7) is 0. The van der Waals surface area contributed by atoms with E-state index < -0.39 is 11.7 Å². The molecular weight excluding hydrogens is 204 g/mol. The van der Waals surface area contributed by atoms with Crippen molar-refractivity contribution in [2.24, 2.45) is 7.05 Å². The Morgan fingerprint density at radius 1 is 1.50 bits per heavy atom. The van der Waals surface area contributed by atoms with Crippen LogP contribution >= 0.6 is 0 Å². The van der Waals surface area contributed by atoms with Crippen LogP contribution in [-0.4, -0.2) is 31.7 Å². The number of nitrogens with zero attached hydrogens (tertiary/aromatic N) is 2. The molecule has 4 nitrogen and oxygen atoms in total. The molecule has 0 spiro atoms. The quantitative estimate of drug-likeness (QED) is 0.802. The molecule has 1 aromatic heterocycles. The molecule has 16 heavy (non-hydrogen) atoms. The fraction of sp³-hybridized carbons (Fsp3) is 0.750. The molecule has 90 valence electrons. The number of hydrogen-bond donors (Lipinski definition) is 2. The summed E-state index contributed by atoms with van der Waals surface area (Å²) in [4.78, 5) is 0. The van der Waals surface area contributed by atoms with E-state index in [4.69, 9.17) is 0 Å². The Labute approximate surface area is 95.9 Å². The van der Waals surface area contributed by atoms with E-state index in [1.54, 1.807) is 6.20 Å². The molecule has 1 aromatic rings. The Morgan fingerprint density at radius 2 is 2.19 bits per heavy atom. The van der Waals surface area contributed by atoms with Crippen molar-refractivity contribution in [1.82, 2.24) is 9.78 Å². The van der Waals surface area contributed by atoms with Crippen molar-refractivity contribution >= 4 is 0 Å². The molecule has 1 atom stereocenters. The lowest BCUT2D eigenvalue weighted by Crippen LogP contribution is -2.39. The number of aliphatic hydroxyl groups excluding tert-OH is 1. The summed E-state index contributed by atoms with van der Waals surface area (Å²) in [6, 6.07) is 1.95. The van der Waals surface area contributed by atoms with E-state index in [-0.39, 0.29) is 0 Å². The zero-order valence-corrected chi connectivity index (χ0v) is 9.76. The minimum atomic E-state index is -0.835. The van der Waals surface area contributed by atoms with Crippen molar-refractivity contribution in [1.29, 1.82) is 0 Å². The second kappa shape index (κ2) is 4.55. The van der Waals surface area contributed by atoms with Crippen LogP contribution in [0.25, 0.3) is 0 Å². The number of rotatable bonds is 4. The second-order valence-corrected chi connectivity index (χ2v) is 4.81. The van der Waals surface area contributed by atoms with Gasteiger partial charge in [-0.3, -0.25) is 4.68 Å². The third kappa shape index (κ3) is 2.28. The lowest BCUT2D eigenvalue weighted by Gasteiger charge is -2.28. The third-order valence-corrected chi connectivity index (χ3v) is 3.69. The Balaban J connectivity index is 1.88. The zero-order valence-electron chi connectivity index (χ0n) is 9.76. The first-order valence-electron chi connectivity index (χ1n) is 5.99. The van der Waals surface area contributed by atoms with Gasteiger partial charge in [0.2, 0.25) is 0 Å². The van der Waals surface area contributed by atoms with Crippen molar-refractivity contribution in [3.05, 3.63) is 18.0 Å². The van der Waals surface area contributed by atoms with Crippen molar-refractivity contribution in [2.75, 3.05) is 0 Å². The summed E-state index contributed by atoms with van der Waals surface area (Å²) in [5.41, 5.74) is 0.263. The smallest absolute Gasteiger partial charge is 0.0905 e. The minimum absolute atomic E-state index is 0.607. The van der Waals surface area contributed by atoms with Crippen LogP contribution in [0.2, 0.25) is 0 Å². The Bertz CT molecular complexity index is 343. The van der Waals surface area contributed by atoms with Crippen molar-refractivity contribution in [3.63, 3.8) is 0 Å². The molecule has 2 rings (SSSR count). The number of hydrogen-bond acceptors (Lipinski definition) is 3. The fourth-order valence-electron chi connectivity index (χ4n) is 2.52. The highest BCUT2D eigenvalue weighted by Crippen LogP contribution is 2.33. The molecule has 0 amide bonds. The first kappa shape index (κ1) is 11.6. The van der Waals surface area contributed by atoms with Gasteiger partial charge in [-0.2, -0.15) is 5.10 Å². The van der Waals surface area contributed by atoms with Gasteiger partial charge < -0.3 is 10.2 Å². The number of aryl methyl sites for hydroxylation is 2. The number of aliphatic hydroxyl groups is 2. The van der Waals surface area contributed by atoms with Crippen molar-refractivity contribution in [2.45, 2.75) is 50.2 Å². The highest BCUT2D eigenvalue weighted by Gasteiger charge is 2.37. The normalized spacial score (nSPS) is 21.2. The topological polar surface area (TPSA) is 58.3 Å². The van der Waals surface area contributed by atoms with E-state index in [1.807, 2.05) is 17.8 Å². The first-order chi connectivity index (χ1) is 7.62. The predicted octanol–water partition coefficient (Wildman–Crippen LogP) is 1.02. The molecular formula is C12H20N2O2. The lowest BCUT2D eigenvalue weighted by atomic mass is 9.91. The van der Waals surface area contributed by atoms with Crippen molar-refractivity contribution in [3.8, 4) is 0 Å². The summed E-state index contributed by atoms with van der Waals surface area (Å²) in [7, 11) is 1.89. The molecule has 0 aromatic carbocycles. The molecule has 0 radical (unpaired) electrons. The molecule has 1 aliphatic carbocycles. The van der Waals surface area contributed by atoms with Crippen LogP contribution in [-0.2, 0) is 13.5 Å². The van der Waals surface area contributed by atoms with Gasteiger partial charge in [0.1, 0.15) is 0 Å². The molecule has 1 unspecified atom stereocenters. The van der Waals surface area contributed by atoms with E-state index in [0.29, 0.717) is 6.42 Å². The highest BCUT2D eigenvalue weighted by molar-refractivity contribution is 5.01. The Morgan fingerprint density at radius 3 is 2.75 bits per heavy atom. The van der Waals surface area contributed by atoms with E-state index in [2.05, 4.69) is 5.10 Å². The van der Waals surface area contributed by atoms with E-state index in [9.17, 15) is 10.2 Å². The van der Waals surface area contributed by atoms with Crippen LogP contribution in [0.4, 0.5) is 0 Å². The van der Waals surface area contributed by atoms with Crippen LogP contribution in [0.1, 0.15) is 37.8 Å². The van der Waals surface area contributed by atoms with Crippen LogP contribution in [0.3, 0.4) is 0 Å². The van der Waals surface area contributed by atoms with Gasteiger partial charge >= 0.3 is 0 Å². The summed E-state index contributed by atoms with van der Waals surface area (Å²) in [5, 5.41) is 24.3. The maximum absolute atomic E-state index is 10.2. The van der Waals surface area contributed by atoms with Gasteiger partial charge in [-0.1, -0.05) is 12.8 Å². The summed E-state index contributed by atoms with van der Waals surface area (Å²) < 4.78 is 1.81. The van der Waals surface area contributed by atoms with Crippen molar-refractivity contribution < 1.29 is 10.2 Å². The van der Waals surface area contributed by atoms with Gasteiger partial charge in [-0.15, -0.1) is 0 Å². The molecule has 0 bridgehead atoms. The SMILES string of the molecule is Cn1nccc1CCC(O)C1(O)CCCC1. The van der Waals surface area contributed by atoms with Gasteiger partial charge in [-0.05, 0) is 31.7 Å². The van der Waals surface area contributed by atoms with Crippen LogP contribution < -0.4 is 0 Å². The maximum atomic E-state index is 10.2. The van der Waals surface area contributed by atoms with Crippen LogP contribution in [0.5, 0.6) is 0 Å². The largest absolute Gasteiger partial charge is 0.390 e. The predicted molar refractivity (Wildman–Crippen MR) is 61.0 cm³/mol. The summed E-state index contributed by atoms with van der Waals surface area (Å²) in [6.07, 6.45) is 6.05. The first-order valence-corrected chi connectivity index (χ1v) is 5.99. The van der Waals surface area contributed by atoms with Crippen LogP contribution in [0.15, 0.2) is 12.3 Å². The average molecular weight is 224 g/mol. The number of aromatic nitrogens is 2. The highest BCUT2D eigenvalue weighted by atomic mass is 16.3. The molecule has 2 N–H and O–H groups in total. The maximum Gasteiger partial charge on any atom is 0.0905 e. The third-order valence-electron chi connectivity index (χ3n) is 3.69. The molecule has 1 heterocycles. The van der Waals surface area contributed by atoms with E-state index >= 15 is 0 Å². The molecule has 0 saturated heterocycles. The monoisotopic (exact) mass is 224 g/mol. The van der Waals surface area contributed by atoms with Gasteiger partial charge in [0.15, 0.2) is 0 Å². The minimum Gasteiger partial charge on any atom is -0.390 e. The molecule has 1 saturated carbocycles. The Hall–Kier alpha value is -0.870. The second-order valence-electron chi connectivity index (χ2n) is 4.81. The molecule has 1 aliphatic rings. The van der Waals surface area contributed by atoms with E-state index in [1.165, 1.54) is 0 Å². The van der Waals surface area contributed by atoms with Crippen LogP contribution in [0, 0.1) is 0 Å². The average Bonchev–Trinajstić information content (AvgIpc) is 2.85. The summed E-state index contributed by atoms with van der Waals surface area (Å²) >= 11 is 0. The molecule has 1 fully saturated rings. The van der Waals surface area contributed by atoms with Gasteiger partial charge in [0.05, 0.1) is 11.7 Å². The Kier molecular flexibility index (Phi) is 3.30. The van der Waals surface area contributed by atoms with E-state index in [0.717, 1.165) is 37.8 Å². The summed E-state index contributed by atoms with van der Waals surface area (Å²) in [5.74, 6) is 0. The lowest BCUT2D eigenvalue weighted by molar-refractivity contribution is -0.0727. The van der Waals surface area contributed by atoms with Gasteiger partial charge in [-0.25, -0.2) is 0 Å². The fourth-order valence-corrected chi connectivity index (χ4v) is 2.52.